The van der Waals surface area contributed by atoms with Crippen LogP contribution in [-0.2, 0) is 13.1 Å². The van der Waals surface area contributed by atoms with Gasteiger partial charge >= 0.3 is 0 Å². The molecule has 5 rings (SSSR count). The average Bonchev–Trinajstić information content (AvgIpc) is 3.31. The predicted octanol–water partition coefficient (Wildman–Crippen LogP) is 4.15. The zero-order valence-electron chi connectivity index (χ0n) is 16.8. The van der Waals surface area contributed by atoms with Crippen molar-refractivity contribution in [2.45, 2.75) is 46.2 Å². The lowest BCUT2D eigenvalue weighted by Gasteiger charge is -2.31. The number of carbonyl (C=O) groups is 1. The van der Waals surface area contributed by atoms with Gasteiger partial charge in [0.1, 0.15) is 0 Å². The van der Waals surface area contributed by atoms with Gasteiger partial charge in [-0.1, -0.05) is 23.7 Å². The molecule has 0 saturated carbocycles. The molecule has 2 aliphatic heterocycles. The van der Waals surface area contributed by atoms with E-state index in [-0.39, 0.29) is 5.91 Å². The van der Waals surface area contributed by atoms with Gasteiger partial charge in [-0.15, -0.1) is 0 Å². The van der Waals surface area contributed by atoms with Gasteiger partial charge < -0.3 is 9.80 Å². The number of aryl methyl sites for hydroxylation is 2. The van der Waals surface area contributed by atoms with E-state index in [1.54, 1.807) is 0 Å². The van der Waals surface area contributed by atoms with Gasteiger partial charge in [-0.05, 0) is 45.2 Å². The molecule has 150 valence electrons. The first-order valence-corrected chi connectivity index (χ1v) is 10.6. The van der Waals surface area contributed by atoms with Crippen LogP contribution < -0.4 is 4.90 Å². The number of piperidine rings is 1. The number of carbonyl (C=O) groups excluding carboxylic acids is 1. The lowest BCUT2D eigenvalue weighted by molar-refractivity contribution is 0.0750. The van der Waals surface area contributed by atoms with E-state index in [1.165, 1.54) is 19.3 Å². The van der Waals surface area contributed by atoms with Crippen molar-refractivity contribution in [2.24, 2.45) is 0 Å². The molecule has 1 aromatic carbocycles. The number of hydrogen-bond acceptors (Lipinski definition) is 4. The molecule has 2 aliphatic rings. The van der Waals surface area contributed by atoms with Gasteiger partial charge in [0.15, 0.2) is 5.65 Å². The predicted molar refractivity (Wildman–Crippen MR) is 114 cm³/mol. The zero-order valence-corrected chi connectivity index (χ0v) is 17.5. The van der Waals surface area contributed by atoms with E-state index in [4.69, 9.17) is 16.7 Å². The fourth-order valence-electron chi connectivity index (χ4n) is 4.49. The number of para-hydroxylation sites is 1. The van der Waals surface area contributed by atoms with E-state index < -0.39 is 0 Å². The first-order valence-electron chi connectivity index (χ1n) is 10.2. The highest BCUT2D eigenvalue weighted by molar-refractivity contribution is 6.31. The Balaban J connectivity index is 1.46. The first kappa shape index (κ1) is 18.4. The number of rotatable bonds is 2. The Morgan fingerprint density at radius 2 is 1.83 bits per heavy atom. The van der Waals surface area contributed by atoms with Gasteiger partial charge in [0.05, 0.1) is 40.8 Å². The molecular weight excluding hydrogens is 386 g/mol. The molecule has 1 fully saturated rings. The van der Waals surface area contributed by atoms with Crippen LogP contribution >= 0.6 is 11.6 Å². The van der Waals surface area contributed by atoms with Crippen LogP contribution in [0.2, 0.25) is 5.02 Å². The van der Waals surface area contributed by atoms with E-state index in [1.807, 2.05) is 41.5 Å². The minimum Gasteiger partial charge on any atom is -0.371 e. The second-order valence-electron chi connectivity index (χ2n) is 7.98. The molecule has 6 nitrogen and oxygen atoms in total. The van der Waals surface area contributed by atoms with Gasteiger partial charge in [-0.3, -0.25) is 4.79 Å². The quantitative estimate of drug-likeness (QED) is 0.638. The van der Waals surface area contributed by atoms with Gasteiger partial charge in [0, 0.05) is 24.3 Å². The molecule has 0 N–H and O–H groups in total. The molecule has 0 spiro atoms. The first-order chi connectivity index (χ1) is 14.0. The molecule has 0 unspecified atom stereocenters. The highest BCUT2D eigenvalue weighted by atomic mass is 35.5. The lowest BCUT2D eigenvalue weighted by atomic mass is 10.1. The number of aromatic nitrogens is 3. The van der Waals surface area contributed by atoms with Crippen molar-refractivity contribution in [2.75, 3.05) is 18.0 Å². The summed E-state index contributed by atoms with van der Waals surface area (Å²) in [5, 5.41) is 5.34. The summed E-state index contributed by atoms with van der Waals surface area (Å²) < 4.78 is 1.81. The Bertz CT molecular complexity index is 1120. The molecule has 0 bridgehead atoms. The smallest absolute Gasteiger partial charge is 0.256 e. The summed E-state index contributed by atoms with van der Waals surface area (Å²) in [6, 6.07) is 7.98. The normalized spacial score (nSPS) is 16.5. The van der Waals surface area contributed by atoms with Crippen molar-refractivity contribution >= 4 is 28.8 Å². The number of nitrogens with zero attached hydrogens (tertiary/aromatic N) is 5. The maximum atomic E-state index is 13.4. The number of benzene rings is 1. The van der Waals surface area contributed by atoms with Gasteiger partial charge in [-0.2, -0.15) is 5.10 Å². The molecule has 0 atom stereocenters. The highest BCUT2D eigenvalue weighted by Crippen LogP contribution is 2.32. The van der Waals surface area contributed by atoms with Gasteiger partial charge in [0.25, 0.3) is 5.91 Å². The van der Waals surface area contributed by atoms with Crippen LogP contribution in [0.5, 0.6) is 0 Å². The molecule has 1 saturated heterocycles. The standard InChI is InChI=1S/C22H24ClN5O/c1-14-20(23)15(2)28-21(24-14)17-12-27(13-18(17)25-28)22(29)16-8-4-5-9-19(16)26-10-6-3-7-11-26/h4-5,8-9H,3,6-7,10-13H2,1-2H3. The molecule has 29 heavy (non-hydrogen) atoms. The van der Waals surface area contributed by atoms with Crippen molar-refractivity contribution in [3.05, 3.63) is 57.5 Å². The lowest BCUT2D eigenvalue weighted by Crippen LogP contribution is -2.33. The third-order valence-electron chi connectivity index (χ3n) is 6.07. The van der Waals surface area contributed by atoms with Crippen LogP contribution in [0.3, 0.4) is 0 Å². The number of halogens is 1. The SMILES string of the molecule is Cc1nc2c3c(nn2c(C)c1Cl)CN(C(=O)c1ccccc1N1CCCCC1)C3. The van der Waals surface area contributed by atoms with Gasteiger partial charge in [0.2, 0.25) is 0 Å². The summed E-state index contributed by atoms with van der Waals surface area (Å²) in [6.07, 6.45) is 3.63. The van der Waals surface area contributed by atoms with Crippen molar-refractivity contribution in [1.82, 2.24) is 19.5 Å². The minimum atomic E-state index is 0.0599. The number of amides is 1. The highest BCUT2D eigenvalue weighted by Gasteiger charge is 2.31. The largest absolute Gasteiger partial charge is 0.371 e. The number of fused-ring (bicyclic) bond motifs is 3. The van der Waals surface area contributed by atoms with Crippen LogP contribution in [0, 0.1) is 13.8 Å². The van der Waals surface area contributed by atoms with Crippen LogP contribution in [0.15, 0.2) is 24.3 Å². The monoisotopic (exact) mass is 409 g/mol. The van der Waals surface area contributed by atoms with Crippen LogP contribution in [0.25, 0.3) is 5.65 Å². The number of hydrogen-bond donors (Lipinski definition) is 0. The van der Waals surface area contributed by atoms with Crippen LogP contribution in [0.1, 0.15) is 52.3 Å². The van der Waals surface area contributed by atoms with E-state index in [2.05, 4.69) is 16.0 Å². The third-order valence-corrected chi connectivity index (χ3v) is 6.62. The third kappa shape index (κ3) is 2.97. The summed E-state index contributed by atoms with van der Waals surface area (Å²) in [5.74, 6) is 0.0599. The van der Waals surface area contributed by atoms with Gasteiger partial charge in [-0.25, -0.2) is 9.50 Å². The molecule has 3 aromatic rings. The molecule has 0 aliphatic carbocycles. The Labute approximate surface area is 175 Å². The molecule has 7 heteroatoms. The molecule has 2 aromatic heterocycles. The van der Waals surface area contributed by atoms with E-state index in [0.29, 0.717) is 18.1 Å². The van der Waals surface area contributed by atoms with Crippen molar-refractivity contribution in [3.8, 4) is 0 Å². The molecule has 1 amide bonds. The number of anilines is 1. The van der Waals surface area contributed by atoms with Crippen molar-refractivity contribution in [3.63, 3.8) is 0 Å². The van der Waals surface area contributed by atoms with Crippen molar-refractivity contribution < 1.29 is 4.79 Å². The van der Waals surface area contributed by atoms with E-state index in [9.17, 15) is 4.79 Å². The summed E-state index contributed by atoms with van der Waals surface area (Å²) in [7, 11) is 0. The molecule has 0 radical (unpaired) electrons. The Hall–Kier alpha value is -2.60. The molecule has 4 heterocycles. The van der Waals surface area contributed by atoms with Crippen LogP contribution in [0.4, 0.5) is 5.69 Å². The molecular formula is C22H24ClN5O. The Morgan fingerprint density at radius 1 is 1.07 bits per heavy atom. The summed E-state index contributed by atoms with van der Waals surface area (Å²) in [5.41, 5.74) is 6.24. The maximum absolute atomic E-state index is 13.4. The Morgan fingerprint density at radius 3 is 2.62 bits per heavy atom. The Kier molecular flexibility index (Phi) is 4.46. The fraction of sp³-hybridized carbons (Fsp3) is 0.409. The average molecular weight is 410 g/mol. The van der Waals surface area contributed by atoms with E-state index in [0.717, 1.165) is 52.6 Å². The second kappa shape index (κ2) is 7.02. The van der Waals surface area contributed by atoms with Crippen LogP contribution in [-0.4, -0.2) is 38.5 Å². The summed E-state index contributed by atoms with van der Waals surface area (Å²) >= 11 is 6.34. The summed E-state index contributed by atoms with van der Waals surface area (Å²) in [4.78, 5) is 22.3. The maximum Gasteiger partial charge on any atom is 0.256 e. The van der Waals surface area contributed by atoms with E-state index >= 15 is 0 Å². The fourth-order valence-corrected chi connectivity index (χ4v) is 4.61. The topological polar surface area (TPSA) is 53.7 Å². The zero-order chi connectivity index (χ0) is 20.1. The second-order valence-corrected chi connectivity index (χ2v) is 8.36. The van der Waals surface area contributed by atoms with Crippen molar-refractivity contribution in [1.29, 1.82) is 0 Å². The minimum absolute atomic E-state index is 0.0599. The summed E-state index contributed by atoms with van der Waals surface area (Å²) in [6.45, 7) is 6.91.